The van der Waals surface area contributed by atoms with E-state index >= 15 is 0 Å². The number of nitrogens with zero attached hydrogens (tertiary/aromatic N) is 2. The lowest BCUT2D eigenvalue weighted by molar-refractivity contribution is -0.386. The lowest BCUT2D eigenvalue weighted by Gasteiger charge is -2.37. The van der Waals surface area contributed by atoms with E-state index in [0.717, 1.165) is 17.1 Å². The highest BCUT2D eigenvalue weighted by atomic mass is 19.4. The fourth-order valence-electron chi connectivity index (χ4n) is 2.56. The number of carbonyl (C=O) groups is 1. The molecule has 1 aromatic rings. The number of nitro groups is 1. The molecule has 1 aliphatic rings. The zero-order valence-corrected chi connectivity index (χ0v) is 11.8. The smallest absolute Gasteiger partial charge is 0.287 e. The quantitative estimate of drug-likeness (QED) is 0.687. The minimum Gasteiger partial charge on any atom is -0.287 e. The third-order valence-corrected chi connectivity index (χ3v) is 3.49. The van der Waals surface area contributed by atoms with Gasteiger partial charge in [0.05, 0.1) is 10.5 Å². The van der Waals surface area contributed by atoms with Crippen LogP contribution in [0.2, 0.25) is 0 Å². The predicted octanol–water partition coefficient (Wildman–Crippen LogP) is 2.71. The first-order valence-electron chi connectivity index (χ1n) is 6.43. The topological polar surface area (TPSA) is 75.5 Å². The van der Waals surface area contributed by atoms with Crippen molar-refractivity contribution in [2.75, 3.05) is 0 Å². The van der Waals surface area contributed by atoms with Gasteiger partial charge in [0.15, 0.2) is 6.04 Å². The van der Waals surface area contributed by atoms with Crippen molar-refractivity contribution in [2.45, 2.75) is 38.0 Å². The van der Waals surface area contributed by atoms with E-state index in [1.165, 1.54) is 26.0 Å². The van der Waals surface area contributed by atoms with Gasteiger partial charge in [-0.2, -0.15) is 18.2 Å². The minimum atomic E-state index is -4.79. The van der Waals surface area contributed by atoms with Gasteiger partial charge >= 0.3 is 6.18 Å². The van der Waals surface area contributed by atoms with Crippen LogP contribution in [-0.4, -0.2) is 27.6 Å². The highest BCUT2D eigenvalue weighted by Gasteiger charge is 2.54. The van der Waals surface area contributed by atoms with E-state index in [0.29, 0.717) is 0 Å². The average Bonchev–Trinajstić information content (AvgIpc) is 2.61. The normalized spacial score (nSPS) is 19.8. The third-order valence-electron chi connectivity index (χ3n) is 3.49. The molecule has 0 unspecified atom stereocenters. The van der Waals surface area contributed by atoms with Crippen LogP contribution in [0.3, 0.4) is 0 Å². The van der Waals surface area contributed by atoms with Crippen LogP contribution in [0.1, 0.15) is 31.9 Å². The summed E-state index contributed by atoms with van der Waals surface area (Å²) in [5.74, 6) is -0.558. The predicted molar refractivity (Wildman–Crippen MR) is 70.6 cm³/mol. The minimum absolute atomic E-state index is 0.125. The molecule has 1 saturated heterocycles. The number of rotatable bonds is 3. The van der Waals surface area contributed by atoms with E-state index in [9.17, 15) is 28.1 Å². The molecule has 1 amide bonds. The largest absolute Gasteiger partial charge is 0.410 e. The molecule has 0 bridgehead atoms. The maximum absolute atomic E-state index is 13.6. The molecule has 1 fully saturated rings. The molecular weight excluding hydrogens is 303 g/mol. The van der Waals surface area contributed by atoms with Gasteiger partial charge in [0, 0.05) is 18.0 Å². The van der Waals surface area contributed by atoms with Crippen LogP contribution in [0.4, 0.5) is 18.9 Å². The van der Waals surface area contributed by atoms with E-state index in [2.05, 4.69) is 5.43 Å². The molecule has 2 rings (SSSR count). The molecular formula is C13H14F3N3O3. The zero-order chi connectivity index (χ0) is 16.7. The molecule has 22 heavy (non-hydrogen) atoms. The summed E-state index contributed by atoms with van der Waals surface area (Å²) in [6.45, 7) is 2.94. The fraction of sp³-hybridized carbons (Fsp3) is 0.462. The van der Waals surface area contributed by atoms with E-state index in [-0.39, 0.29) is 6.42 Å². The first-order chi connectivity index (χ1) is 10.0. The molecule has 0 saturated carbocycles. The summed E-state index contributed by atoms with van der Waals surface area (Å²) in [5, 5.41) is 11.8. The zero-order valence-electron chi connectivity index (χ0n) is 11.8. The van der Waals surface area contributed by atoms with Gasteiger partial charge < -0.3 is 0 Å². The first-order valence-corrected chi connectivity index (χ1v) is 6.43. The van der Waals surface area contributed by atoms with Gasteiger partial charge in [-0.3, -0.25) is 20.3 Å². The second kappa shape index (κ2) is 5.24. The van der Waals surface area contributed by atoms with E-state index in [4.69, 9.17) is 0 Å². The van der Waals surface area contributed by atoms with Crippen molar-refractivity contribution < 1.29 is 22.9 Å². The maximum Gasteiger partial charge on any atom is 0.410 e. The van der Waals surface area contributed by atoms with Gasteiger partial charge in [-0.25, -0.2) is 0 Å². The van der Waals surface area contributed by atoms with Crippen LogP contribution in [0.25, 0.3) is 0 Å². The second-order valence-corrected chi connectivity index (χ2v) is 5.65. The van der Waals surface area contributed by atoms with Crippen molar-refractivity contribution in [1.29, 1.82) is 0 Å². The van der Waals surface area contributed by atoms with Crippen LogP contribution in [0.5, 0.6) is 0 Å². The molecule has 0 aromatic heterocycles. The van der Waals surface area contributed by atoms with Gasteiger partial charge in [-0.15, -0.1) is 0 Å². The number of benzene rings is 1. The summed E-state index contributed by atoms with van der Waals surface area (Å²) in [5.41, 5.74) is -0.0984. The first kappa shape index (κ1) is 16.2. The van der Waals surface area contributed by atoms with Gasteiger partial charge in [-0.1, -0.05) is 18.2 Å². The number of hydrazine groups is 1. The number of halogens is 3. The molecule has 1 atom stereocenters. The summed E-state index contributed by atoms with van der Waals surface area (Å²) in [7, 11) is 0. The summed E-state index contributed by atoms with van der Waals surface area (Å²) in [6.07, 6.45) is -4.92. The number of alkyl halides is 3. The Hall–Kier alpha value is -2.16. The molecule has 9 heteroatoms. The number of hydrogen-bond donors (Lipinski definition) is 1. The van der Waals surface area contributed by atoms with Crippen molar-refractivity contribution in [3.8, 4) is 0 Å². The van der Waals surface area contributed by atoms with E-state index in [1.54, 1.807) is 0 Å². The van der Waals surface area contributed by atoms with Crippen LogP contribution in [0.15, 0.2) is 24.3 Å². The SMILES string of the molecule is CC1(C)CC(=O)NN1[C@@H](c1ccccc1[N+](=O)[O-])C(F)(F)F. The van der Waals surface area contributed by atoms with Crippen LogP contribution in [-0.2, 0) is 4.79 Å². The Morgan fingerprint density at radius 2 is 1.95 bits per heavy atom. The van der Waals surface area contributed by atoms with Gasteiger partial charge in [0.25, 0.3) is 5.69 Å². The van der Waals surface area contributed by atoms with Crippen molar-refractivity contribution in [3.63, 3.8) is 0 Å². The summed E-state index contributed by atoms with van der Waals surface area (Å²) >= 11 is 0. The third kappa shape index (κ3) is 2.89. The molecule has 0 spiro atoms. The Bertz CT molecular complexity index is 616. The van der Waals surface area contributed by atoms with Crippen molar-refractivity contribution in [3.05, 3.63) is 39.9 Å². The Labute approximate surface area is 124 Å². The average molecular weight is 317 g/mol. The molecule has 0 radical (unpaired) electrons. The molecule has 1 heterocycles. The molecule has 1 aliphatic heterocycles. The lowest BCUT2D eigenvalue weighted by atomic mass is 9.96. The van der Waals surface area contributed by atoms with Crippen LogP contribution >= 0.6 is 0 Å². The van der Waals surface area contributed by atoms with Gasteiger partial charge in [-0.05, 0) is 13.8 Å². The lowest BCUT2D eigenvalue weighted by Crippen LogP contribution is -2.51. The molecule has 6 nitrogen and oxygen atoms in total. The Kier molecular flexibility index (Phi) is 3.86. The number of para-hydroxylation sites is 1. The Morgan fingerprint density at radius 3 is 2.41 bits per heavy atom. The summed E-state index contributed by atoms with van der Waals surface area (Å²) in [4.78, 5) is 21.7. The van der Waals surface area contributed by atoms with Crippen LogP contribution in [0, 0.1) is 10.1 Å². The number of hydrogen-bond acceptors (Lipinski definition) is 4. The number of nitro benzene ring substituents is 1. The highest BCUT2D eigenvalue weighted by Crippen LogP contribution is 2.45. The number of carbonyl (C=O) groups excluding carboxylic acids is 1. The van der Waals surface area contributed by atoms with Crippen molar-refractivity contribution in [1.82, 2.24) is 10.4 Å². The Balaban J connectivity index is 2.59. The molecule has 120 valence electrons. The Morgan fingerprint density at radius 1 is 1.36 bits per heavy atom. The van der Waals surface area contributed by atoms with Gasteiger partial charge in [0.2, 0.25) is 5.91 Å². The highest BCUT2D eigenvalue weighted by molar-refractivity contribution is 5.79. The number of nitrogens with one attached hydrogen (secondary N) is 1. The van der Waals surface area contributed by atoms with E-state index < -0.39 is 39.8 Å². The molecule has 1 N–H and O–H groups in total. The summed E-state index contributed by atoms with van der Waals surface area (Å²) < 4.78 is 40.7. The van der Waals surface area contributed by atoms with Crippen molar-refractivity contribution >= 4 is 11.6 Å². The van der Waals surface area contributed by atoms with Gasteiger partial charge in [0.1, 0.15) is 0 Å². The maximum atomic E-state index is 13.6. The second-order valence-electron chi connectivity index (χ2n) is 5.65. The monoisotopic (exact) mass is 317 g/mol. The van der Waals surface area contributed by atoms with Crippen molar-refractivity contribution in [2.24, 2.45) is 0 Å². The van der Waals surface area contributed by atoms with Crippen LogP contribution < -0.4 is 5.43 Å². The summed E-state index contributed by atoms with van der Waals surface area (Å²) in [6, 6.07) is 2.36. The number of amides is 1. The molecule has 0 aliphatic carbocycles. The standard InChI is InChI=1S/C13H14F3N3O3/c1-12(2)7-10(20)17-18(12)11(13(14,15)16)8-5-3-4-6-9(8)19(21)22/h3-6,11H,7H2,1-2H3,(H,17,20)/t11-/m0/s1. The fourth-order valence-corrected chi connectivity index (χ4v) is 2.56. The molecule has 1 aromatic carbocycles. The van der Waals surface area contributed by atoms with E-state index in [1.807, 2.05) is 0 Å².